The number of aryl methyl sites for hydroxylation is 1. The third kappa shape index (κ3) is 4.54. The standard InChI is InChI=1S/C18H18N4O2S/c1-14-3-2-4-17(11-14)25(23,24)22-16-5-6-18(21-13-16)20-12-15-7-9-19-10-8-15/h2-11,13,22H,12H2,1H3,(H,20,21). The Balaban J connectivity index is 1.66. The van der Waals surface area contributed by atoms with Gasteiger partial charge in [-0.3, -0.25) is 9.71 Å². The van der Waals surface area contributed by atoms with Crippen LogP contribution in [0.1, 0.15) is 11.1 Å². The second-order valence-corrected chi connectivity index (χ2v) is 7.25. The van der Waals surface area contributed by atoms with Crippen molar-refractivity contribution in [2.45, 2.75) is 18.4 Å². The average Bonchev–Trinajstić information content (AvgIpc) is 2.62. The highest BCUT2D eigenvalue weighted by Crippen LogP contribution is 2.17. The molecule has 25 heavy (non-hydrogen) atoms. The van der Waals surface area contributed by atoms with E-state index in [-0.39, 0.29) is 4.90 Å². The van der Waals surface area contributed by atoms with Gasteiger partial charge in [-0.2, -0.15) is 0 Å². The fourth-order valence-corrected chi connectivity index (χ4v) is 3.40. The number of hydrogen-bond acceptors (Lipinski definition) is 5. The van der Waals surface area contributed by atoms with Crippen LogP contribution in [0.15, 0.2) is 72.0 Å². The first-order chi connectivity index (χ1) is 12.0. The van der Waals surface area contributed by atoms with Crippen LogP contribution in [0.4, 0.5) is 11.5 Å². The number of pyridine rings is 2. The van der Waals surface area contributed by atoms with Gasteiger partial charge in [0, 0.05) is 18.9 Å². The summed E-state index contributed by atoms with van der Waals surface area (Å²) < 4.78 is 27.3. The van der Waals surface area contributed by atoms with Crippen molar-refractivity contribution in [2.75, 3.05) is 10.0 Å². The Labute approximate surface area is 147 Å². The largest absolute Gasteiger partial charge is 0.366 e. The fraction of sp³-hybridized carbons (Fsp3) is 0.111. The molecule has 7 heteroatoms. The lowest BCUT2D eigenvalue weighted by Crippen LogP contribution is -2.13. The summed E-state index contributed by atoms with van der Waals surface area (Å²) >= 11 is 0. The van der Waals surface area contributed by atoms with Gasteiger partial charge in [0.1, 0.15) is 5.82 Å². The van der Waals surface area contributed by atoms with Crippen molar-refractivity contribution >= 4 is 21.5 Å². The van der Waals surface area contributed by atoms with Crippen LogP contribution in [0.3, 0.4) is 0 Å². The fourth-order valence-electron chi connectivity index (χ4n) is 2.25. The quantitative estimate of drug-likeness (QED) is 0.710. The first-order valence-electron chi connectivity index (χ1n) is 7.71. The molecule has 0 radical (unpaired) electrons. The van der Waals surface area contributed by atoms with Crippen molar-refractivity contribution < 1.29 is 8.42 Å². The molecule has 0 amide bonds. The number of anilines is 2. The van der Waals surface area contributed by atoms with Gasteiger partial charge in [-0.05, 0) is 54.4 Å². The van der Waals surface area contributed by atoms with Crippen LogP contribution in [-0.4, -0.2) is 18.4 Å². The van der Waals surface area contributed by atoms with Gasteiger partial charge in [0.15, 0.2) is 0 Å². The third-order valence-corrected chi connectivity index (χ3v) is 4.92. The van der Waals surface area contributed by atoms with Crippen molar-refractivity contribution in [3.05, 3.63) is 78.2 Å². The summed E-state index contributed by atoms with van der Waals surface area (Å²) in [5.74, 6) is 0.662. The smallest absolute Gasteiger partial charge is 0.261 e. The minimum Gasteiger partial charge on any atom is -0.366 e. The summed E-state index contributed by atoms with van der Waals surface area (Å²) in [6.45, 7) is 2.47. The molecule has 2 aromatic heterocycles. The summed E-state index contributed by atoms with van der Waals surface area (Å²) in [4.78, 5) is 8.43. The van der Waals surface area contributed by atoms with E-state index in [1.54, 1.807) is 42.7 Å². The van der Waals surface area contributed by atoms with Gasteiger partial charge in [-0.15, -0.1) is 0 Å². The number of aromatic nitrogens is 2. The summed E-state index contributed by atoms with van der Waals surface area (Å²) in [5.41, 5.74) is 2.38. The minimum atomic E-state index is -3.62. The van der Waals surface area contributed by atoms with Crippen LogP contribution in [0.5, 0.6) is 0 Å². The maximum Gasteiger partial charge on any atom is 0.261 e. The van der Waals surface area contributed by atoms with Crippen molar-refractivity contribution in [3.8, 4) is 0 Å². The van der Waals surface area contributed by atoms with Crippen LogP contribution in [0, 0.1) is 6.92 Å². The predicted octanol–water partition coefficient (Wildman–Crippen LogP) is 3.20. The van der Waals surface area contributed by atoms with E-state index in [0.717, 1.165) is 11.1 Å². The molecule has 6 nitrogen and oxygen atoms in total. The zero-order chi connectivity index (χ0) is 17.7. The van der Waals surface area contributed by atoms with Gasteiger partial charge in [0.2, 0.25) is 0 Å². The molecule has 0 atom stereocenters. The minimum absolute atomic E-state index is 0.229. The second kappa shape index (κ2) is 7.31. The van der Waals surface area contributed by atoms with Crippen molar-refractivity contribution in [1.82, 2.24) is 9.97 Å². The number of rotatable bonds is 6. The maximum absolute atomic E-state index is 12.4. The molecular formula is C18H18N4O2S. The van der Waals surface area contributed by atoms with Gasteiger partial charge >= 0.3 is 0 Å². The summed E-state index contributed by atoms with van der Waals surface area (Å²) in [7, 11) is -3.62. The van der Waals surface area contributed by atoms with Crippen LogP contribution in [-0.2, 0) is 16.6 Å². The van der Waals surface area contributed by atoms with E-state index in [0.29, 0.717) is 18.1 Å². The first-order valence-corrected chi connectivity index (χ1v) is 9.19. The van der Waals surface area contributed by atoms with Crippen molar-refractivity contribution in [3.63, 3.8) is 0 Å². The highest BCUT2D eigenvalue weighted by Gasteiger charge is 2.14. The topological polar surface area (TPSA) is 84.0 Å². The predicted molar refractivity (Wildman–Crippen MR) is 97.8 cm³/mol. The van der Waals surface area contributed by atoms with Crippen molar-refractivity contribution in [2.24, 2.45) is 0 Å². The molecule has 0 bridgehead atoms. The Hall–Kier alpha value is -2.93. The average molecular weight is 354 g/mol. The molecule has 0 unspecified atom stereocenters. The molecule has 0 aliphatic rings. The van der Waals surface area contributed by atoms with E-state index in [4.69, 9.17) is 0 Å². The number of benzene rings is 1. The van der Waals surface area contributed by atoms with Gasteiger partial charge < -0.3 is 5.32 Å². The van der Waals surface area contributed by atoms with E-state index in [9.17, 15) is 8.42 Å². The maximum atomic E-state index is 12.4. The van der Waals surface area contributed by atoms with E-state index in [1.165, 1.54) is 6.20 Å². The monoisotopic (exact) mass is 354 g/mol. The molecule has 3 aromatic rings. The summed E-state index contributed by atoms with van der Waals surface area (Å²) in [6.07, 6.45) is 4.95. The normalized spacial score (nSPS) is 11.1. The molecule has 0 aliphatic carbocycles. The molecule has 0 fully saturated rings. The third-order valence-electron chi connectivity index (χ3n) is 3.54. The van der Waals surface area contributed by atoms with E-state index >= 15 is 0 Å². The Bertz CT molecular complexity index is 942. The Morgan fingerprint density at radius 2 is 1.84 bits per heavy atom. The number of sulfonamides is 1. The van der Waals surface area contributed by atoms with Gasteiger partial charge in [0.05, 0.1) is 16.8 Å². The van der Waals surface area contributed by atoms with Crippen LogP contribution < -0.4 is 10.0 Å². The zero-order valence-electron chi connectivity index (χ0n) is 13.7. The summed E-state index contributed by atoms with van der Waals surface area (Å²) in [5, 5.41) is 3.17. The molecule has 3 rings (SSSR count). The Morgan fingerprint density at radius 3 is 2.52 bits per heavy atom. The molecule has 0 aliphatic heterocycles. The second-order valence-electron chi connectivity index (χ2n) is 5.56. The van der Waals surface area contributed by atoms with Gasteiger partial charge in [0.25, 0.3) is 10.0 Å². The molecule has 1 aromatic carbocycles. The van der Waals surface area contributed by atoms with Gasteiger partial charge in [-0.1, -0.05) is 12.1 Å². The zero-order valence-corrected chi connectivity index (χ0v) is 14.5. The molecule has 128 valence electrons. The SMILES string of the molecule is Cc1cccc(S(=O)(=O)Nc2ccc(NCc3ccncc3)nc2)c1. The summed E-state index contributed by atoms with van der Waals surface area (Å²) in [6, 6.07) is 14.0. The molecule has 0 saturated carbocycles. The highest BCUT2D eigenvalue weighted by atomic mass is 32.2. The Morgan fingerprint density at radius 1 is 1.04 bits per heavy atom. The lowest BCUT2D eigenvalue weighted by atomic mass is 10.2. The van der Waals surface area contributed by atoms with E-state index < -0.39 is 10.0 Å². The van der Waals surface area contributed by atoms with Gasteiger partial charge in [-0.25, -0.2) is 13.4 Å². The molecular weight excluding hydrogens is 336 g/mol. The Kier molecular flexibility index (Phi) is 4.95. The number of nitrogens with one attached hydrogen (secondary N) is 2. The lowest BCUT2D eigenvalue weighted by Gasteiger charge is -2.10. The van der Waals surface area contributed by atoms with Crippen LogP contribution in [0.25, 0.3) is 0 Å². The lowest BCUT2D eigenvalue weighted by molar-refractivity contribution is 0.601. The molecule has 0 saturated heterocycles. The van der Waals surface area contributed by atoms with Crippen LogP contribution >= 0.6 is 0 Å². The molecule has 2 heterocycles. The molecule has 0 spiro atoms. The van der Waals surface area contributed by atoms with Crippen LogP contribution in [0.2, 0.25) is 0 Å². The number of nitrogens with zero attached hydrogens (tertiary/aromatic N) is 2. The first kappa shape index (κ1) is 16.9. The molecule has 2 N–H and O–H groups in total. The van der Waals surface area contributed by atoms with Crippen molar-refractivity contribution in [1.29, 1.82) is 0 Å². The number of hydrogen-bond donors (Lipinski definition) is 2. The van der Waals surface area contributed by atoms with E-state index in [1.807, 2.05) is 25.1 Å². The van der Waals surface area contributed by atoms with E-state index in [2.05, 4.69) is 20.0 Å². The highest BCUT2D eigenvalue weighted by molar-refractivity contribution is 7.92.